The van der Waals surface area contributed by atoms with Gasteiger partial charge in [0.25, 0.3) is 10.1 Å². The fraction of sp³-hybridized carbons (Fsp3) is 0.889. The van der Waals surface area contributed by atoms with Gasteiger partial charge in [-0.3, -0.25) is 14.1 Å². The van der Waals surface area contributed by atoms with Gasteiger partial charge in [0.15, 0.2) is 5.25 Å². The van der Waals surface area contributed by atoms with Gasteiger partial charge in [0.2, 0.25) is 0 Å². The molecule has 0 rings (SSSR count). The molecule has 0 amide bonds. The van der Waals surface area contributed by atoms with Crippen LogP contribution in [0.3, 0.4) is 0 Å². The summed E-state index contributed by atoms with van der Waals surface area (Å²) in [5.41, 5.74) is 0. The zero-order valence-corrected chi connectivity index (χ0v) is 20.4. The number of carbonyl (C=O) groups is 2. The van der Waals surface area contributed by atoms with Crippen LogP contribution in [0.2, 0.25) is 3.67 Å². The van der Waals surface area contributed by atoms with Crippen molar-refractivity contribution in [3.8, 4) is 0 Å². The first-order valence-corrected chi connectivity index (χ1v) is 13.0. The van der Waals surface area contributed by atoms with Gasteiger partial charge in [-0.15, -0.1) is 0 Å². The van der Waals surface area contributed by atoms with E-state index >= 15 is 0 Å². The number of hydrogen-bond acceptors (Lipinski definition) is 5. The first kappa shape index (κ1) is 32.5. The third kappa shape index (κ3) is 28.0. The van der Waals surface area contributed by atoms with Crippen molar-refractivity contribution < 1.29 is 37.9 Å². The van der Waals surface area contributed by atoms with Crippen LogP contribution in [0.5, 0.6) is 0 Å². The standard InChI is InChI=1S/C12H25.C4H6O7S.C2H6O.Na/c1-3-5-7-9-11-12-10-8-6-4-2;5-3(6)1-2(4(7)8)12(9,10)11;1-2-3;/h1,3-12H2,2H3;2H,1H2,(H,5,6)(H,7,8)(H,9,10,11);3H,2H2,1H3;. The van der Waals surface area contributed by atoms with Gasteiger partial charge in [-0.05, 0) is 6.92 Å². The van der Waals surface area contributed by atoms with Gasteiger partial charge in [0, 0.05) is 6.61 Å². The van der Waals surface area contributed by atoms with Gasteiger partial charge in [0.1, 0.15) is 0 Å². The Kier molecular flexibility index (Phi) is 26.8. The van der Waals surface area contributed by atoms with E-state index in [1.54, 1.807) is 6.92 Å². The maximum absolute atomic E-state index is 10.2. The molecule has 0 aromatic carbocycles. The number of hydrogen-bond donors (Lipinski definition) is 4. The Hall–Kier alpha value is -0.190. The normalized spacial score (nSPS) is 11.5. The maximum Gasteiger partial charge on any atom is 0.325 e. The zero-order valence-electron chi connectivity index (χ0n) is 17.6. The molecule has 0 aromatic rings. The minimum Gasteiger partial charge on any atom is -0.481 e. The predicted molar refractivity (Wildman–Crippen MR) is 110 cm³/mol. The minimum atomic E-state index is -4.84. The van der Waals surface area contributed by atoms with Crippen LogP contribution in [0.4, 0.5) is 0 Å². The molecule has 10 heteroatoms. The Labute approximate surface area is 187 Å². The van der Waals surface area contributed by atoms with Crippen molar-refractivity contribution in [2.45, 2.75) is 93.4 Å². The SMILES string of the molecule is CCCCCCCCCCC[CH2][Na].CCO.O=C(O)CC(C(=O)O)S(=O)(=O)O. The monoisotopic (exact) mass is 436 g/mol. The average Bonchev–Trinajstić information content (AvgIpc) is 2.58. The number of aliphatic hydroxyl groups is 1. The first-order chi connectivity index (χ1) is 13.1. The van der Waals surface area contributed by atoms with Gasteiger partial charge in [-0.2, -0.15) is 8.42 Å². The molecular weight excluding hydrogens is 399 g/mol. The fourth-order valence-corrected chi connectivity index (χ4v) is 3.32. The molecule has 1 unspecified atom stereocenters. The number of rotatable bonds is 14. The second-order valence-electron chi connectivity index (χ2n) is 6.44. The van der Waals surface area contributed by atoms with Crippen LogP contribution in [-0.2, 0) is 19.7 Å². The van der Waals surface area contributed by atoms with E-state index in [1.807, 2.05) is 0 Å². The predicted octanol–water partition coefficient (Wildman–Crippen LogP) is 3.29. The number of carboxylic acids is 2. The molecule has 0 aliphatic carbocycles. The summed E-state index contributed by atoms with van der Waals surface area (Å²) in [6.07, 6.45) is 13.6. The van der Waals surface area contributed by atoms with E-state index in [9.17, 15) is 18.0 Å². The second-order valence-corrected chi connectivity index (χ2v) is 9.04. The molecule has 0 aliphatic heterocycles. The third-order valence-corrected chi connectivity index (χ3v) is 5.50. The van der Waals surface area contributed by atoms with Crippen LogP contribution in [0.25, 0.3) is 0 Å². The summed E-state index contributed by atoms with van der Waals surface area (Å²) in [4.78, 5) is 20.0. The van der Waals surface area contributed by atoms with Crippen LogP contribution in [0.1, 0.15) is 84.5 Å². The average molecular weight is 437 g/mol. The Bertz CT molecular complexity index is 458. The molecular formula is C18H37NaO8S. The van der Waals surface area contributed by atoms with Crippen molar-refractivity contribution in [1.29, 1.82) is 0 Å². The molecule has 0 radical (unpaired) electrons. The zero-order chi connectivity index (χ0) is 22.4. The van der Waals surface area contributed by atoms with E-state index in [1.165, 1.54) is 95.8 Å². The largest absolute Gasteiger partial charge is 0.481 e. The van der Waals surface area contributed by atoms with Gasteiger partial charge >= 0.3 is 115 Å². The number of aliphatic carboxylic acids is 2. The molecule has 0 bridgehead atoms. The Balaban J connectivity index is -0.000000392. The van der Waals surface area contributed by atoms with E-state index in [-0.39, 0.29) is 6.61 Å². The number of carboxylic acid groups (broad SMARTS) is 2. The molecule has 8 nitrogen and oxygen atoms in total. The fourth-order valence-electron chi connectivity index (χ4n) is 2.22. The molecule has 0 aromatic heterocycles. The summed E-state index contributed by atoms with van der Waals surface area (Å²) >= 11 is 1.41. The van der Waals surface area contributed by atoms with Crippen molar-refractivity contribution in [2.24, 2.45) is 0 Å². The topological polar surface area (TPSA) is 149 Å². The summed E-state index contributed by atoms with van der Waals surface area (Å²) in [5, 5.41) is 21.5. The van der Waals surface area contributed by atoms with E-state index in [0.29, 0.717) is 0 Å². The second kappa shape index (κ2) is 23.1. The van der Waals surface area contributed by atoms with Crippen molar-refractivity contribution in [3.05, 3.63) is 0 Å². The molecule has 1 atom stereocenters. The van der Waals surface area contributed by atoms with Crippen LogP contribution >= 0.6 is 0 Å². The summed E-state index contributed by atoms with van der Waals surface area (Å²) in [6.45, 7) is 4.22. The smallest absolute Gasteiger partial charge is 0.325 e. The molecule has 164 valence electrons. The molecule has 28 heavy (non-hydrogen) atoms. The van der Waals surface area contributed by atoms with E-state index in [2.05, 4.69) is 6.92 Å². The Morgan fingerprint density at radius 1 is 0.857 bits per heavy atom. The molecule has 0 heterocycles. The molecule has 0 fully saturated rings. The number of unbranched alkanes of at least 4 members (excludes halogenated alkanes) is 9. The summed E-state index contributed by atoms with van der Waals surface area (Å²) < 4.78 is 30.2. The molecule has 0 aliphatic rings. The molecule has 0 spiro atoms. The quantitative estimate of drug-likeness (QED) is 0.184. The van der Waals surface area contributed by atoms with Crippen molar-refractivity contribution in [3.63, 3.8) is 0 Å². The van der Waals surface area contributed by atoms with Crippen LogP contribution in [0, 0.1) is 0 Å². The van der Waals surface area contributed by atoms with Crippen LogP contribution in [-0.4, -0.2) is 80.0 Å². The van der Waals surface area contributed by atoms with E-state index in [4.69, 9.17) is 19.9 Å². The maximum atomic E-state index is 10.2. The van der Waals surface area contributed by atoms with Crippen LogP contribution in [0.15, 0.2) is 0 Å². The van der Waals surface area contributed by atoms with Crippen molar-refractivity contribution in [2.75, 3.05) is 6.61 Å². The van der Waals surface area contributed by atoms with Crippen LogP contribution < -0.4 is 0 Å². The Morgan fingerprint density at radius 2 is 1.21 bits per heavy atom. The molecule has 0 saturated carbocycles. The van der Waals surface area contributed by atoms with Gasteiger partial charge in [0.05, 0.1) is 6.42 Å². The van der Waals surface area contributed by atoms with Gasteiger partial charge in [-0.1, -0.05) is 0 Å². The van der Waals surface area contributed by atoms with E-state index < -0.39 is 33.7 Å². The van der Waals surface area contributed by atoms with Crippen molar-refractivity contribution in [1.82, 2.24) is 0 Å². The molecule has 0 saturated heterocycles. The Morgan fingerprint density at radius 3 is 1.43 bits per heavy atom. The minimum absolute atomic E-state index is 0.250. The summed E-state index contributed by atoms with van der Waals surface area (Å²) in [6, 6.07) is 0. The summed E-state index contributed by atoms with van der Waals surface area (Å²) in [7, 11) is -4.84. The van der Waals surface area contributed by atoms with E-state index in [0.717, 1.165) is 0 Å². The number of aliphatic hydroxyl groups excluding tert-OH is 1. The first-order valence-electron chi connectivity index (χ1n) is 10.1. The van der Waals surface area contributed by atoms with Gasteiger partial charge < -0.3 is 15.3 Å². The van der Waals surface area contributed by atoms with Gasteiger partial charge in [-0.25, -0.2) is 0 Å². The molecule has 4 N–H and O–H groups in total. The van der Waals surface area contributed by atoms with Crippen molar-refractivity contribution >= 4 is 50.0 Å². The third-order valence-electron chi connectivity index (χ3n) is 3.70. The summed E-state index contributed by atoms with van der Waals surface area (Å²) in [5.74, 6) is -3.50.